The summed E-state index contributed by atoms with van der Waals surface area (Å²) in [4.78, 5) is 2.65. The zero-order valence-electron chi connectivity index (χ0n) is 14.8. The van der Waals surface area contributed by atoms with Crippen LogP contribution in [0.5, 0.6) is 0 Å². The Morgan fingerprint density at radius 3 is 2.38 bits per heavy atom. The molecular formula is C18H36N2O. The van der Waals surface area contributed by atoms with Crippen molar-refractivity contribution in [1.29, 1.82) is 0 Å². The van der Waals surface area contributed by atoms with Gasteiger partial charge in [0, 0.05) is 25.2 Å². The van der Waals surface area contributed by atoms with Gasteiger partial charge in [0.25, 0.3) is 0 Å². The van der Waals surface area contributed by atoms with Crippen LogP contribution in [0.25, 0.3) is 0 Å². The minimum Gasteiger partial charge on any atom is -0.379 e. The molecule has 2 aliphatic rings. The monoisotopic (exact) mass is 296 g/mol. The van der Waals surface area contributed by atoms with Gasteiger partial charge in [-0.15, -0.1) is 0 Å². The van der Waals surface area contributed by atoms with Crippen LogP contribution in [0, 0.1) is 5.92 Å². The molecule has 0 spiro atoms. The SMILES string of the molecule is CCCNC(CCC(C)(C)OC)C1CC2CCC(C1)N2C. The second kappa shape index (κ2) is 7.43. The van der Waals surface area contributed by atoms with Gasteiger partial charge in [-0.2, -0.15) is 0 Å². The Bertz CT molecular complexity index is 304. The average molecular weight is 296 g/mol. The Morgan fingerprint density at radius 1 is 1.24 bits per heavy atom. The summed E-state index contributed by atoms with van der Waals surface area (Å²) in [6.07, 6.45) is 9.23. The molecule has 21 heavy (non-hydrogen) atoms. The van der Waals surface area contributed by atoms with Crippen LogP contribution in [-0.2, 0) is 4.74 Å². The zero-order chi connectivity index (χ0) is 15.5. The van der Waals surface area contributed by atoms with E-state index in [0.717, 1.165) is 31.0 Å². The fourth-order valence-electron chi connectivity index (χ4n) is 4.22. The smallest absolute Gasteiger partial charge is 0.0623 e. The van der Waals surface area contributed by atoms with Crippen LogP contribution >= 0.6 is 0 Å². The highest BCUT2D eigenvalue weighted by Gasteiger charge is 2.40. The summed E-state index contributed by atoms with van der Waals surface area (Å²) in [5.41, 5.74) is 0.0105. The maximum atomic E-state index is 5.62. The molecule has 0 radical (unpaired) electrons. The lowest BCUT2D eigenvalue weighted by atomic mass is 9.82. The van der Waals surface area contributed by atoms with Crippen molar-refractivity contribution in [2.75, 3.05) is 20.7 Å². The molecular weight excluding hydrogens is 260 g/mol. The first kappa shape index (κ1) is 17.2. The number of fused-ring (bicyclic) bond motifs is 2. The van der Waals surface area contributed by atoms with Crippen LogP contribution < -0.4 is 5.32 Å². The molecule has 2 saturated heterocycles. The van der Waals surface area contributed by atoms with E-state index in [-0.39, 0.29) is 5.60 Å². The lowest BCUT2D eigenvalue weighted by molar-refractivity contribution is 0.00784. The molecule has 1 N–H and O–H groups in total. The molecule has 2 bridgehead atoms. The molecule has 0 aromatic rings. The van der Waals surface area contributed by atoms with Crippen LogP contribution in [0.4, 0.5) is 0 Å². The molecule has 0 aliphatic carbocycles. The third kappa shape index (κ3) is 4.43. The van der Waals surface area contributed by atoms with E-state index in [1.165, 1.54) is 38.5 Å². The summed E-state index contributed by atoms with van der Waals surface area (Å²) in [5, 5.41) is 3.85. The molecule has 2 rings (SSSR count). The highest BCUT2D eigenvalue weighted by Crippen LogP contribution is 2.39. The van der Waals surface area contributed by atoms with Gasteiger partial charge in [-0.05, 0) is 78.3 Å². The largest absolute Gasteiger partial charge is 0.379 e. The van der Waals surface area contributed by atoms with Gasteiger partial charge in [0.15, 0.2) is 0 Å². The van der Waals surface area contributed by atoms with Gasteiger partial charge >= 0.3 is 0 Å². The van der Waals surface area contributed by atoms with Crippen LogP contribution in [0.15, 0.2) is 0 Å². The van der Waals surface area contributed by atoms with Crippen molar-refractivity contribution in [3.63, 3.8) is 0 Å². The van der Waals surface area contributed by atoms with E-state index < -0.39 is 0 Å². The maximum absolute atomic E-state index is 5.62. The molecule has 3 unspecified atom stereocenters. The minimum atomic E-state index is 0.0105. The Labute approximate surface area is 131 Å². The van der Waals surface area contributed by atoms with E-state index in [9.17, 15) is 0 Å². The Morgan fingerprint density at radius 2 is 1.86 bits per heavy atom. The van der Waals surface area contributed by atoms with Crippen molar-refractivity contribution in [3.05, 3.63) is 0 Å². The second-order valence-electron chi connectivity index (χ2n) is 7.85. The predicted molar refractivity (Wildman–Crippen MR) is 89.7 cm³/mol. The number of nitrogens with zero attached hydrogens (tertiary/aromatic N) is 1. The van der Waals surface area contributed by atoms with Crippen LogP contribution in [0.3, 0.4) is 0 Å². The molecule has 2 heterocycles. The average Bonchev–Trinajstić information content (AvgIpc) is 2.68. The summed E-state index contributed by atoms with van der Waals surface area (Å²) in [6.45, 7) is 7.84. The first-order chi connectivity index (χ1) is 9.96. The molecule has 3 heteroatoms. The fourth-order valence-corrected chi connectivity index (χ4v) is 4.22. The van der Waals surface area contributed by atoms with Gasteiger partial charge in [-0.3, -0.25) is 0 Å². The van der Waals surface area contributed by atoms with Gasteiger partial charge in [0.2, 0.25) is 0 Å². The first-order valence-electron chi connectivity index (χ1n) is 8.97. The third-order valence-corrected chi connectivity index (χ3v) is 5.97. The molecule has 0 saturated carbocycles. The molecule has 0 amide bonds. The van der Waals surface area contributed by atoms with Crippen molar-refractivity contribution in [2.45, 2.75) is 89.4 Å². The highest BCUT2D eigenvalue weighted by molar-refractivity contribution is 4.97. The second-order valence-corrected chi connectivity index (χ2v) is 7.85. The van der Waals surface area contributed by atoms with Crippen molar-refractivity contribution in [1.82, 2.24) is 10.2 Å². The highest BCUT2D eigenvalue weighted by atomic mass is 16.5. The van der Waals surface area contributed by atoms with Gasteiger partial charge in [-0.1, -0.05) is 6.92 Å². The lowest BCUT2D eigenvalue weighted by Gasteiger charge is -2.41. The van der Waals surface area contributed by atoms with Crippen LogP contribution in [0.1, 0.15) is 65.7 Å². The zero-order valence-corrected chi connectivity index (χ0v) is 14.8. The number of hydrogen-bond acceptors (Lipinski definition) is 3. The van der Waals surface area contributed by atoms with E-state index in [1.807, 2.05) is 7.11 Å². The van der Waals surface area contributed by atoms with Gasteiger partial charge in [0.05, 0.1) is 5.60 Å². The molecule has 2 fully saturated rings. The molecule has 3 nitrogen and oxygen atoms in total. The number of piperidine rings is 1. The summed E-state index contributed by atoms with van der Waals surface area (Å²) < 4.78 is 5.62. The molecule has 2 aliphatic heterocycles. The number of methoxy groups -OCH3 is 1. The van der Waals surface area contributed by atoms with Crippen LogP contribution in [-0.4, -0.2) is 49.3 Å². The third-order valence-electron chi connectivity index (χ3n) is 5.97. The van der Waals surface area contributed by atoms with Crippen molar-refractivity contribution >= 4 is 0 Å². The number of rotatable bonds is 8. The maximum Gasteiger partial charge on any atom is 0.0623 e. The Kier molecular flexibility index (Phi) is 6.10. The van der Waals surface area contributed by atoms with Crippen molar-refractivity contribution in [3.8, 4) is 0 Å². The quantitative estimate of drug-likeness (QED) is 0.742. The van der Waals surface area contributed by atoms with Crippen molar-refractivity contribution in [2.24, 2.45) is 5.92 Å². The number of nitrogens with one attached hydrogen (secondary N) is 1. The lowest BCUT2D eigenvalue weighted by Crippen LogP contribution is -2.47. The first-order valence-corrected chi connectivity index (χ1v) is 8.97. The molecule has 0 aromatic heterocycles. The number of hydrogen-bond donors (Lipinski definition) is 1. The van der Waals surface area contributed by atoms with Crippen LogP contribution in [0.2, 0.25) is 0 Å². The summed E-state index contributed by atoms with van der Waals surface area (Å²) in [6, 6.07) is 2.36. The Balaban J connectivity index is 1.93. The standard InChI is InChI=1S/C18H36N2O/c1-6-11-19-17(9-10-18(2,3)21-5)14-12-15-7-8-16(13-14)20(15)4/h14-17,19H,6-13H2,1-5H3. The predicted octanol–water partition coefficient (Wildman–Crippen LogP) is 3.43. The van der Waals surface area contributed by atoms with E-state index in [4.69, 9.17) is 4.74 Å². The van der Waals surface area contributed by atoms with E-state index >= 15 is 0 Å². The molecule has 0 aromatic carbocycles. The van der Waals surface area contributed by atoms with Gasteiger partial charge in [-0.25, -0.2) is 0 Å². The minimum absolute atomic E-state index is 0.0105. The summed E-state index contributed by atoms with van der Waals surface area (Å²) in [7, 11) is 4.17. The van der Waals surface area contributed by atoms with E-state index in [2.05, 4.69) is 38.0 Å². The van der Waals surface area contributed by atoms with Crippen molar-refractivity contribution < 1.29 is 4.74 Å². The molecule has 124 valence electrons. The topological polar surface area (TPSA) is 24.5 Å². The summed E-state index contributed by atoms with van der Waals surface area (Å²) >= 11 is 0. The normalized spacial score (nSPS) is 31.6. The Hall–Kier alpha value is -0.120. The van der Waals surface area contributed by atoms with Gasteiger partial charge < -0.3 is 15.0 Å². The van der Waals surface area contributed by atoms with Gasteiger partial charge in [0.1, 0.15) is 0 Å². The fraction of sp³-hybridized carbons (Fsp3) is 1.00. The van der Waals surface area contributed by atoms with E-state index in [1.54, 1.807) is 0 Å². The summed E-state index contributed by atoms with van der Waals surface area (Å²) in [5.74, 6) is 0.859. The van der Waals surface area contributed by atoms with E-state index in [0.29, 0.717) is 6.04 Å². The molecule has 3 atom stereocenters. The number of ether oxygens (including phenoxy) is 1.